The van der Waals surface area contributed by atoms with Crippen molar-refractivity contribution in [3.05, 3.63) is 89.5 Å². The van der Waals surface area contributed by atoms with E-state index < -0.39 is 6.04 Å². The molecule has 3 aromatic carbocycles. The summed E-state index contributed by atoms with van der Waals surface area (Å²) >= 11 is 0. The van der Waals surface area contributed by atoms with E-state index in [1.807, 2.05) is 86.6 Å². The summed E-state index contributed by atoms with van der Waals surface area (Å²) in [7, 11) is 1.60. The Hall–Kier alpha value is -4.00. The molecule has 0 aliphatic heterocycles. The highest BCUT2D eigenvalue weighted by Gasteiger charge is 2.26. The van der Waals surface area contributed by atoms with Gasteiger partial charge in [-0.05, 0) is 54.0 Å². The number of methoxy groups -OCH3 is 1. The van der Waals surface area contributed by atoms with Gasteiger partial charge < -0.3 is 10.1 Å². The number of aromatic nitrogens is 4. The summed E-state index contributed by atoms with van der Waals surface area (Å²) in [5, 5.41) is 15.9. The van der Waals surface area contributed by atoms with Gasteiger partial charge in [0, 0.05) is 11.3 Å². The van der Waals surface area contributed by atoms with Gasteiger partial charge in [0.25, 0.3) is 5.91 Å². The SMILES string of the molecule is COc1cccc(-c2nnn([C@H](C(=O)Nc3cc(C)ccc3C)c3ccccc3)n2)c1. The van der Waals surface area contributed by atoms with Crippen LogP contribution in [0.25, 0.3) is 11.4 Å². The number of carbonyl (C=O) groups excluding carboxylic acids is 1. The molecule has 0 aliphatic rings. The molecule has 0 fully saturated rings. The van der Waals surface area contributed by atoms with Crippen molar-refractivity contribution in [1.29, 1.82) is 0 Å². The van der Waals surface area contributed by atoms with Crippen LogP contribution in [-0.2, 0) is 4.79 Å². The average Bonchev–Trinajstić information content (AvgIpc) is 3.27. The van der Waals surface area contributed by atoms with Crippen molar-refractivity contribution in [2.45, 2.75) is 19.9 Å². The number of anilines is 1. The second-order valence-corrected chi connectivity index (χ2v) is 7.29. The Morgan fingerprint density at radius 1 is 1.00 bits per heavy atom. The maximum absolute atomic E-state index is 13.4. The summed E-state index contributed by atoms with van der Waals surface area (Å²) in [6, 6.07) is 22.0. The fourth-order valence-electron chi connectivity index (χ4n) is 3.31. The molecule has 0 aliphatic carbocycles. The monoisotopic (exact) mass is 413 g/mol. The average molecular weight is 413 g/mol. The van der Waals surface area contributed by atoms with Gasteiger partial charge in [0.2, 0.25) is 5.82 Å². The normalized spacial score (nSPS) is 11.7. The third kappa shape index (κ3) is 4.45. The van der Waals surface area contributed by atoms with E-state index in [1.54, 1.807) is 7.11 Å². The molecular weight excluding hydrogens is 390 g/mol. The molecule has 1 atom stereocenters. The number of benzene rings is 3. The lowest BCUT2D eigenvalue weighted by molar-refractivity contribution is -0.118. The summed E-state index contributed by atoms with van der Waals surface area (Å²) < 4.78 is 5.28. The molecule has 0 radical (unpaired) electrons. The molecule has 1 amide bonds. The summed E-state index contributed by atoms with van der Waals surface area (Å²) in [6.07, 6.45) is 0. The molecule has 4 rings (SSSR count). The van der Waals surface area contributed by atoms with E-state index in [0.717, 1.165) is 27.9 Å². The van der Waals surface area contributed by atoms with Crippen LogP contribution < -0.4 is 10.1 Å². The minimum atomic E-state index is -0.770. The number of nitrogens with one attached hydrogen (secondary N) is 1. The Kier molecular flexibility index (Phi) is 5.75. The second-order valence-electron chi connectivity index (χ2n) is 7.29. The molecule has 1 aromatic heterocycles. The van der Waals surface area contributed by atoms with Crippen LogP contribution >= 0.6 is 0 Å². The van der Waals surface area contributed by atoms with Crippen molar-refractivity contribution in [3.8, 4) is 17.1 Å². The number of tetrazole rings is 1. The number of nitrogens with zero attached hydrogens (tertiary/aromatic N) is 4. The van der Waals surface area contributed by atoms with Gasteiger partial charge >= 0.3 is 0 Å². The van der Waals surface area contributed by atoms with Crippen LogP contribution in [0.3, 0.4) is 0 Å². The van der Waals surface area contributed by atoms with Gasteiger partial charge in [-0.2, -0.15) is 0 Å². The first-order valence-electron chi connectivity index (χ1n) is 9.92. The molecular formula is C24H23N5O2. The largest absolute Gasteiger partial charge is 0.497 e. The van der Waals surface area contributed by atoms with E-state index in [0.29, 0.717) is 11.6 Å². The predicted molar refractivity (Wildman–Crippen MR) is 119 cm³/mol. The fraction of sp³-hybridized carbons (Fsp3) is 0.167. The Morgan fingerprint density at radius 3 is 2.58 bits per heavy atom. The van der Waals surface area contributed by atoms with Gasteiger partial charge in [0.1, 0.15) is 5.75 Å². The van der Waals surface area contributed by atoms with E-state index in [9.17, 15) is 4.79 Å². The maximum atomic E-state index is 13.4. The predicted octanol–water partition coefficient (Wildman–Crippen LogP) is 4.19. The molecule has 1 N–H and O–H groups in total. The molecule has 7 heteroatoms. The molecule has 0 saturated heterocycles. The van der Waals surface area contributed by atoms with Crippen molar-refractivity contribution < 1.29 is 9.53 Å². The molecule has 1 heterocycles. The molecule has 0 bridgehead atoms. The smallest absolute Gasteiger partial charge is 0.255 e. The maximum Gasteiger partial charge on any atom is 0.255 e. The number of hydrogen-bond acceptors (Lipinski definition) is 5. The van der Waals surface area contributed by atoms with E-state index >= 15 is 0 Å². The van der Waals surface area contributed by atoms with Gasteiger partial charge in [-0.1, -0.05) is 54.6 Å². The zero-order chi connectivity index (χ0) is 21.8. The second kappa shape index (κ2) is 8.79. The Balaban J connectivity index is 1.70. The third-order valence-corrected chi connectivity index (χ3v) is 5.00. The molecule has 156 valence electrons. The summed E-state index contributed by atoms with van der Waals surface area (Å²) in [5.41, 5.74) is 4.33. The first-order valence-corrected chi connectivity index (χ1v) is 9.92. The van der Waals surface area contributed by atoms with E-state index in [-0.39, 0.29) is 5.91 Å². The molecule has 4 aromatic rings. The lowest BCUT2D eigenvalue weighted by atomic mass is 10.1. The minimum Gasteiger partial charge on any atom is -0.497 e. The van der Waals surface area contributed by atoms with Crippen molar-refractivity contribution in [2.24, 2.45) is 0 Å². The third-order valence-electron chi connectivity index (χ3n) is 5.00. The molecule has 0 saturated carbocycles. The molecule has 31 heavy (non-hydrogen) atoms. The van der Waals surface area contributed by atoms with Crippen molar-refractivity contribution in [3.63, 3.8) is 0 Å². The fourth-order valence-corrected chi connectivity index (χ4v) is 3.31. The standard InChI is InChI=1S/C24H23N5O2/c1-16-12-13-17(2)21(14-16)25-24(30)22(18-8-5-4-6-9-18)29-27-23(26-28-29)19-10-7-11-20(15-19)31-3/h4-15,22H,1-3H3,(H,25,30)/t22-/m0/s1. The quantitative estimate of drug-likeness (QED) is 0.512. The molecule has 0 spiro atoms. The number of hydrogen-bond donors (Lipinski definition) is 1. The van der Waals surface area contributed by atoms with E-state index in [4.69, 9.17) is 4.74 Å². The van der Waals surface area contributed by atoms with Crippen LogP contribution in [-0.4, -0.2) is 33.2 Å². The van der Waals surface area contributed by atoms with Crippen LogP contribution in [0.1, 0.15) is 22.7 Å². The number of aryl methyl sites for hydroxylation is 2. The highest BCUT2D eigenvalue weighted by atomic mass is 16.5. The van der Waals surface area contributed by atoms with Crippen LogP contribution in [0, 0.1) is 13.8 Å². The summed E-state index contributed by atoms with van der Waals surface area (Å²) in [4.78, 5) is 14.7. The highest BCUT2D eigenvalue weighted by Crippen LogP contribution is 2.24. The lowest BCUT2D eigenvalue weighted by Crippen LogP contribution is -2.29. The first kappa shape index (κ1) is 20.3. The molecule has 7 nitrogen and oxygen atoms in total. The number of ether oxygens (including phenoxy) is 1. The molecule has 0 unspecified atom stereocenters. The van der Waals surface area contributed by atoms with Crippen LogP contribution in [0.2, 0.25) is 0 Å². The Morgan fingerprint density at radius 2 is 1.81 bits per heavy atom. The van der Waals surface area contributed by atoms with Gasteiger partial charge in [-0.3, -0.25) is 4.79 Å². The first-order chi connectivity index (χ1) is 15.0. The van der Waals surface area contributed by atoms with Crippen molar-refractivity contribution >= 4 is 11.6 Å². The zero-order valence-corrected chi connectivity index (χ0v) is 17.6. The van der Waals surface area contributed by atoms with Gasteiger partial charge in [0.05, 0.1) is 7.11 Å². The number of carbonyl (C=O) groups is 1. The Labute approximate surface area is 180 Å². The summed E-state index contributed by atoms with van der Waals surface area (Å²) in [5.74, 6) is 0.870. The minimum absolute atomic E-state index is 0.241. The lowest BCUT2D eigenvalue weighted by Gasteiger charge is -2.17. The van der Waals surface area contributed by atoms with Crippen molar-refractivity contribution in [2.75, 3.05) is 12.4 Å². The van der Waals surface area contributed by atoms with Gasteiger partial charge in [-0.15, -0.1) is 15.0 Å². The van der Waals surface area contributed by atoms with Crippen LogP contribution in [0.5, 0.6) is 5.75 Å². The highest BCUT2D eigenvalue weighted by molar-refractivity contribution is 5.96. The van der Waals surface area contributed by atoms with Gasteiger partial charge in [0.15, 0.2) is 6.04 Å². The van der Waals surface area contributed by atoms with Gasteiger partial charge in [-0.25, -0.2) is 0 Å². The Bertz CT molecular complexity index is 1200. The van der Waals surface area contributed by atoms with Crippen LogP contribution in [0.15, 0.2) is 72.8 Å². The summed E-state index contributed by atoms with van der Waals surface area (Å²) in [6.45, 7) is 3.95. The van der Waals surface area contributed by atoms with Crippen LogP contribution in [0.4, 0.5) is 5.69 Å². The number of rotatable bonds is 6. The zero-order valence-electron chi connectivity index (χ0n) is 17.6. The van der Waals surface area contributed by atoms with E-state index in [2.05, 4.69) is 20.7 Å². The van der Waals surface area contributed by atoms with Crippen molar-refractivity contribution in [1.82, 2.24) is 20.2 Å². The topological polar surface area (TPSA) is 81.9 Å². The van der Waals surface area contributed by atoms with E-state index in [1.165, 1.54) is 4.80 Å². The number of amides is 1.